The molecule has 3 amide bonds. The molecule has 0 aliphatic carbocycles. The van der Waals surface area contributed by atoms with Crippen LogP contribution in [0, 0.1) is 25.2 Å². The minimum absolute atomic E-state index is 0.175. The maximum atomic E-state index is 12.9. The lowest BCUT2D eigenvalue weighted by Gasteiger charge is -2.14. The van der Waals surface area contributed by atoms with Crippen LogP contribution in [0.1, 0.15) is 57.8 Å². The van der Waals surface area contributed by atoms with Crippen LogP contribution in [0.2, 0.25) is 0 Å². The van der Waals surface area contributed by atoms with E-state index in [1.807, 2.05) is 50.2 Å². The quantitative estimate of drug-likeness (QED) is 0.399. The van der Waals surface area contributed by atoms with E-state index in [-0.39, 0.29) is 24.3 Å². The molecule has 1 atom stereocenters. The molecule has 0 spiro atoms. The molecule has 0 saturated heterocycles. The molecule has 2 aromatic carbocycles. The Bertz CT molecular complexity index is 1400. The number of H-pyrrole nitrogens is 1. The molecule has 4 N–H and O–H groups in total. The minimum atomic E-state index is -0.402. The third-order valence-electron chi connectivity index (χ3n) is 5.98. The van der Waals surface area contributed by atoms with Crippen molar-refractivity contribution in [2.24, 2.45) is 0 Å². The van der Waals surface area contributed by atoms with Gasteiger partial charge in [0, 0.05) is 28.2 Å². The molecule has 35 heavy (non-hydrogen) atoms. The molecule has 4 rings (SSSR count). The number of amides is 3. The standard InChI is InChI=1S/C27H25N5O3/c1-15-23(29-17(3)25(15)32-24(33)11-12-28)14-21-20-13-19(9-10-22(20)31-27(21)35)26(34)30-16(2)18-7-5-4-6-8-18/h4-10,13-14,16,29H,11H2,1-3H3,(H,30,34)(H,31,35)(H,32,33)/b21-14-. The third-order valence-corrected chi connectivity index (χ3v) is 5.98. The molecular weight excluding hydrogens is 442 g/mol. The van der Waals surface area contributed by atoms with Gasteiger partial charge in [-0.15, -0.1) is 0 Å². The predicted octanol–water partition coefficient (Wildman–Crippen LogP) is 4.47. The van der Waals surface area contributed by atoms with Gasteiger partial charge in [0.05, 0.1) is 23.4 Å². The minimum Gasteiger partial charge on any atom is -0.357 e. The Morgan fingerprint density at radius 3 is 2.60 bits per heavy atom. The summed E-state index contributed by atoms with van der Waals surface area (Å²) in [5.41, 5.74) is 5.78. The van der Waals surface area contributed by atoms with Crippen molar-refractivity contribution in [2.75, 3.05) is 10.6 Å². The van der Waals surface area contributed by atoms with E-state index in [0.29, 0.717) is 39.5 Å². The van der Waals surface area contributed by atoms with Crippen molar-refractivity contribution in [3.63, 3.8) is 0 Å². The molecule has 0 radical (unpaired) electrons. The average Bonchev–Trinajstić information content (AvgIpc) is 3.29. The maximum Gasteiger partial charge on any atom is 0.256 e. The van der Waals surface area contributed by atoms with Crippen molar-refractivity contribution in [3.8, 4) is 6.07 Å². The molecule has 0 bridgehead atoms. The predicted molar refractivity (Wildman–Crippen MR) is 134 cm³/mol. The SMILES string of the molecule is Cc1[nH]c(/C=C2\C(=O)Nc3ccc(C(=O)NC(C)c4ccccc4)cc32)c(C)c1NC(=O)CC#N. The van der Waals surface area contributed by atoms with Crippen LogP contribution in [-0.4, -0.2) is 22.7 Å². The zero-order valence-corrected chi connectivity index (χ0v) is 19.7. The number of benzene rings is 2. The van der Waals surface area contributed by atoms with Gasteiger partial charge in [0.2, 0.25) is 5.91 Å². The lowest BCUT2D eigenvalue weighted by Crippen LogP contribution is -2.26. The second kappa shape index (κ2) is 9.69. The molecular formula is C27H25N5O3. The number of hydrogen-bond acceptors (Lipinski definition) is 4. The summed E-state index contributed by atoms with van der Waals surface area (Å²) in [4.78, 5) is 40.8. The molecule has 1 aliphatic heterocycles. The lowest BCUT2D eigenvalue weighted by atomic mass is 10.0. The molecule has 8 heteroatoms. The molecule has 176 valence electrons. The van der Waals surface area contributed by atoms with Crippen molar-refractivity contribution < 1.29 is 14.4 Å². The van der Waals surface area contributed by atoms with Crippen LogP contribution < -0.4 is 16.0 Å². The fraction of sp³-hybridized carbons (Fsp3) is 0.185. The van der Waals surface area contributed by atoms with Gasteiger partial charge in [0.1, 0.15) is 6.42 Å². The molecule has 3 aromatic rings. The number of nitrogens with one attached hydrogen (secondary N) is 4. The summed E-state index contributed by atoms with van der Waals surface area (Å²) in [6.07, 6.45) is 1.46. The Morgan fingerprint density at radius 2 is 1.89 bits per heavy atom. The number of aromatic amines is 1. The van der Waals surface area contributed by atoms with Crippen LogP contribution in [0.4, 0.5) is 11.4 Å². The molecule has 8 nitrogen and oxygen atoms in total. The molecule has 1 aliphatic rings. The molecule has 1 aromatic heterocycles. The van der Waals surface area contributed by atoms with Crippen LogP contribution in [-0.2, 0) is 9.59 Å². The first-order valence-corrected chi connectivity index (χ1v) is 11.2. The van der Waals surface area contributed by atoms with Gasteiger partial charge in [-0.05, 0) is 56.2 Å². The normalized spacial score (nSPS) is 14.1. The van der Waals surface area contributed by atoms with E-state index >= 15 is 0 Å². The van der Waals surface area contributed by atoms with Gasteiger partial charge in [-0.3, -0.25) is 14.4 Å². The van der Waals surface area contributed by atoms with Crippen molar-refractivity contribution in [2.45, 2.75) is 33.2 Å². The highest BCUT2D eigenvalue weighted by atomic mass is 16.2. The second-order valence-corrected chi connectivity index (χ2v) is 8.43. The van der Waals surface area contributed by atoms with E-state index in [1.54, 1.807) is 31.2 Å². The van der Waals surface area contributed by atoms with Crippen LogP contribution in [0.5, 0.6) is 0 Å². The van der Waals surface area contributed by atoms with Crippen molar-refractivity contribution >= 4 is 40.7 Å². The van der Waals surface area contributed by atoms with Crippen molar-refractivity contribution in [3.05, 3.63) is 82.2 Å². The van der Waals surface area contributed by atoms with Gasteiger partial charge in [-0.1, -0.05) is 30.3 Å². The topological polar surface area (TPSA) is 127 Å². The van der Waals surface area contributed by atoms with Gasteiger partial charge in [0.25, 0.3) is 11.8 Å². The van der Waals surface area contributed by atoms with Crippen LogP contribution in [0.25, 0.3) is 11.6 Å². The highest BCUT2D eigenvalue weighted by Gasteiger charge is 2.26. The van der Waals surface area contributed by atoms with Crippen LogP contribution >= 0.6 is 0 Å². The van der Waals surface area contributed by atoms with Crippen LogP contribution in [0.15, 0.2) is 48.5 Å². The number of rotatable bonds is 6. The number of aromatic nitrogens is 1. The van der Waals surface area contributed by atoms with Crippen LogP contribution in [0.3, 0.4) is 0 Å². The molecule has 1 unspecified atom stereocenters. The summed E-state index contributed by atoms with van der Waals surface area (Å²) >= 11 is 0. The number of anilines is 2. The Hall–Kier alpha value is -4.64. The van der Waals surface area contributed by atoms with Crippen molar-refractivity contribution in [1.82, 2.24) is 10.3 Å². The Labute approximate surface area is 203 Å². The number of fused-ring (bicyclic) bond motifs is 1. The first-order valence-electron chi connectivity index (χ1n) is 11.2. The van der Waals surface area contributed by atoms with E-state index in [9.17, 15) is 14.4 Å². The average molecular weight is 468 g/mol. The van der Waals surface area contributed by atoms with E-state index in [2.05, 4.69) is 20.9 Å². The van der Waals surface area contributed by atoms with Gasteiger partial charge in [-0.2, -0.15) is 5.26 Å². The monoisotopic (exact) mass is 467 g/mol. The van der Waals surface area contributed by atoms with Gasteiger partial charge in [-0.25, -0.2) is 0 Å². The fourth-order valence-corrected chi connectivity index (χ4v) is 4.08. The Morgan fingerprint density at radius 1 is 1.14 bits per heavy atom. The number of nitriles is 1. The number of carbonyl (C=O) groups excluding carboxylic acids is 3. The van der Waals surface area contributed by atoms with Gasteiger partial charge >= 0.3 is 0 Å². The van der Waals surface area contributed by atoms with E-state index in [1.165, 1.54) is 0 Å². The summed E-state index contributed by atoms with van der Waals surface area (Å²) in [5, 5.41) is 17.3. The molecule has 0 saturated carbocycles. The number of carbonyl (C=O) groups is 3. The number of aryl methyl sites for hydroxylation is 1. The summed E-state index contributed by atoms with van der Waals surface area (Å²) in [7, 11) is 0. The summed E-state index contributed by atoms with van der Waals surface area (Å²) < 4.78 is 0. The largest absolute Gasteiger partial charge is 0.357 e. The third kappa shape index (κ3) is 4.84. The highest BCUT2D eigenvalue weighted by molar-refractivity contribution is 6.35. The van der Waals surface area contributed by atoms with E-state index in [0.717, 1.165) is 11.1 Å². The van der Waals surface area contributed by atoms with Gasteiger partial charge in [0.15, 0.2) is 0 Å². The summed E-state index contributed by atoms with van der Waals surface area (Å²) in [6, 6.07) is 16.4. The van der Waals surface area contributed by atoms with E-state index < -0.39 is 5.91 Å². The number of nitrogens with zero attached hydrogens (tertiary/aromatic N) is 1. The fourth-order valence-electron chi connectivity index (χ4n) is 4.08. The zero-order chi connectivity index (χ0) is 25.1. The second-order valence-electron chi connectivity index (χ2n) is 8.43. The summed E-state index contributed by atoms with van der Waals surface area (Å²) in [6.45, 7) is 5.54. The maximum absolute atomic E-state index is 12.9. The first kappa shape index (κ1) is 23.5. The molecule has 0 fully saturated rings. The Kier molecular flexibility index (Phi) is 6.51. The molecule has 2 heterocycles. The highest BCUT2D eigenvalue weighted by Crippen LogP contribution is 2.35. The van der Waals surface area contributed by atoms with Crippen molar-refractivity contribution in [1.29, 1.82) is 5.26 Å². The van der Waals surface area contributed by atoms with Gasteiger partial charge < -0.3 is 20.9 Å². The lowest BCUT2D eigenvalue weighted by molar-refractivity contribution is -0.115. The van der Waals surface area contributed by atoms with E-state index in [4.69, 9.17) is 5.26 Å². The summed E-state index contributed by atoms with van der Waals surface area (Å²) in [5.74, 6) is -0.921. The smallest absolute Gasteiger partial charge is 0.256 e. The number of hydrogen-bond donors (Lipinski definition) is 4. The first-order chi connectivity index (χ1) is 16.8. The zero-order valence-electron chi connectivity index (χ0n) is 19.7. The Balaban J connectivity index is 1.62.